The van der Waals surface area contributed by atoms with Gasteiger partial charge in [0.2, 0.25) is 5.76 Å². The molecule has 5 nitrogen and oxygen atoms in total. The molecule has 1 aromatic heterocycles. The molecule has 0 saturated carbocycles. The first-order chi connectivity index (χ1) is 9.74. The third-order valence-corrected chi connectivity index (χ3v) is 3.61. The third kappa shape index (κ3) is 2.58. The molecule has 1 saturated heterocycles. The van der Waals surface area contributed by atoms with Crippen LogP contribution in [0.15, 0.2) is 34.9 Å². The fourth-order valence-electron chi connectivity index (χ4n) is 2.59. The van der Waals surface area contributed by atoms with E-state index in [4.69, 9.17) is 9.63 Å². The van der Waals surface area contributed by atoms with Crippen LogP contribution in [-0.4, -0.2) is 34.2 Å². The molecule has 1 aliphatic heterocycles. The zero-order valence-corrected chi connectivity index (χ0v) is 11.1. The van der Waals surface area contributed by atoms with Gasteiger partial charge in [0.25, 0.3) is 0 Å². The van der Waals surface area contributed by atoms with E-state index in [0.29, 0.717) is 5.69 Å². The third-order valence-electron chi connectivity index (χ3n) is 3.61. The number of aromatic carboxylic acids is 1. The molecule has 0 unspecified atom stereocenters. The molecule has 0 spiro atoms. The molecule has 2 aromatic rings. The molecule has 1 aromatic carbocycles. The normalized spacial score (nSPS) is 15.6. The molecule has 0 aliphatic carbocycles. The molecule has 0 radical (unpaired) electrons. The largest absolute Gasteiger partial charge is 0.475 e. The Morgan fingerprint density at radius 1 is 1.30 bits per heavy atom. The summed E-state index contributed by atoms with van der Waals surface area (Å²) in [6, 6.07) is 9.41. The van der Waals surface area contributed by atoms with Gasteiger partial charge in [-0.15, -0.1) is 0 Å². The minimum Gasteiger partial charge on any atom is -0.475 e. The van der Waals surface area contributed by atoms with E-state index in [0.717, 1.165) is 30.8 Å². The van der Waals surface area contributed by atoms with Crippen molar-refractivity contribution in [2.75, 3.05) is 13.1 Å². The molecule has 1 N–H and O–H groups in total. The minimum absolute atomic E-state index is 0.129. The van der Waals surface area contributed by atoms with Gasteiger partial charge in [-0.25, -0.2) is 4.79 Å². The first kappa shape index (κ1) is 12.9. The summed E-state index contributed by atoms with van der Waals surface area (Å²) >= 11 is 0. The highest BCUT2D eigenvalue weighted by Gasteiger charge is 2.17. The number of rotatable bonds is 4. The predicted octanol–water partition coefficient (Wildman–Crippen LogP) is 2.64. The molecule has 0 bridgehead atoms. The standard InChI is InChI=1S/C15H16N2O3/c18-15(19)14-9-13(16-20-14)12-6-2-1-5-11(12)10-17-7-3-4-8-17/h1-2,5-6,9H,3-4,7-8,10H2,(H,18,19). The number of likely N-dealkylation sites (tertiary alicyclic amines) is 1. The van der Waals surface area contributed by atoms with Crippen molar-refractivity contribution in [2.24, 2.45) is 0 Å². The maximum absolute atomic E-state index is 10.9. The molecule has 0 atom stereocenters. The summed E-state index contributed by atoms with van der Waals surface area (Å²) in [4.78, 5) is 13.3. The van der Waals surface area contributed by atoms with E-state index in [2.05, 4.69) is 16.1 Å². The highest BCUT2D eigenvalue weighted by atomic mass is 16.5. The molecule has 104 valence electrons. The quantitative estimate of drug-likeness (QED) is 0.926. The summed E-state index contributed by atoms with van der Waals surface area (Å²) in [6.07, 6.45) is 2.49. The van der Waals surface area contributed by atoms with E-state index in [1.165, 1.54) is 18.9 Å². The zero-order valence-electron chi connectivity index (χ0n) is 11.1. The number of hydrogen-bond donors (Lipinski definition) is 1. The summed E-state index contributed by atoms with van der Waals surface area (Å²) in [5, 5.41) is 12.8. The van der Waals surface area contributed by atoms with Gasteiger partial charge >= 0.3 is 5.97 Å². The van der Waals surface area contributed by atoms with Gasteiger partial charge in [-0.1, -0.05) is 29.4 Å². The molecule has 5 heteroatoms. The van der Waals surface area contributed by atoms with Crippen LogP contribution in [-0.2, 0) is 6.54 Å². The lowest BCUT2D eigenvalue weighted by Gasteiger charge is -2.16. The van der Waals surface area contributed by atoms with Crippen LogP contribution in [0.5, 0.6) is 0 Å². The number of hydrogen-bond acceptors (Lipinski definition) is 4. The number of carbonyl (C=O) groups is 1. The molecular weight excluding hydrogens is 256 g/mol. The number of carboxylic acids is 1. The SMILES string of the molecule is O=C(O)c1cc(-c2ccccc2CN2CCCC2)no1. The fraction of sp³-hybridized carbons (Fsp3) is 0.333. The Labute approximate surface area is 116 Å². The Morgan fingerprint density at radius 3 is 2.75 bits per heavy atom. The summed E-state index contributed by atoms with van der Waals surface area (Å²) in [5.41, 5.74) is 2.67. The Balaban J connectivity index is 1.89. The van der Waals surface area contributed by atoms with Gasteiger partial charge in [0, 0.05) is 18.2 Å². The molecular formula is C15H16N2O3. The number of nitrogens with zero attached hydrogens (tertiary/aromatic N) is 2. The Morgan fingerprint density at radius 2 is 2.05 bits per heavy atom. The predicted molar refractivity (Wildman–Crippen MR) is 73.4 cm³/mol. The van der Waals surface area contributed by atoms with Crippen molar-refractivity contribution in [2.45, 2.75) is 19.4 Å². The second kappa shape index (κ2) is 5.46. The molecule has 1 aliphatic rings. The molecule has 2 heterocycles. The van der Waals surface area contributed by atoms with E-state index in [9.17, 15) is 4.79 Å². The first-order valence-electron chi connectivity index (χ1n) is 6.74. The molecule has 20 heavy (non-hydrogen) atoms. The number of carboxylic acid groups (broad SMARTS) is 1. The van der Waals surface area contributed by atoms with Crippen molar-refractivity contribution in [3.05, 3.63) is 41.7 Å². The number of aromatic nitrogens is 1. The van der Waals surface area contributed by atoms with Crippen LogP contribution in [0.4, 0.5) is 0 Å². The summed E-state index contributed by atoms with van der Waals surface area (Å²) < 4.78 is 4.84. The van der Waals surface area contributed by atoms with Crippen molar-refractivity contribution >= 4 is 5.97 Å². The first-order valence-corrected chi connectivity index (χ1v) is 6.74. The molecule has 0 amide bonds. The maximum atomic E-state index is 10.9. The monoisotopic (exact) mass is 272 g/mol. The minimum atomic E-state index is -1.10. The lowest BCUT2D eigenvalue weighted by atomic mass is 10.0. The van der Waals surface area contributed by atoms with Gasteiger partial charge in [0.15, 0.2) is 0 Å². The van der Waals surface area contributed by atoms with Crippen molar-refractivity contribution in [1.29, 1.82) is 0 Å². The molecule has 1 fully saturated rings. The van der Waals surface area contributed by atoms with Gasteiger partial charge in [0.05, 0.1) is 0 Å². The van der Waals surface area contributed by atoms with Crippen molar-refractivity contribution in [3.63, 3.8) is 0 Å². The van der Waals surface area contributed by atoms with Crippen LogP contribution < -0.4 is 0 Å². The number of benzene rings is 1. The average molecular weight is 272 g/mol. The van der Waals surface area contributed by atoms with Gasteiger partial charge in [-0.2, -0.15) is 0 Å². The second-order valence-corrected chi connectivity index (χ2v) is 5.02. The highest BCUT2D eigenvalue weighted by Crippen LogP contribution is 2.25. The Hall–Kier alpha value is -2.14. The van der Waals surface area contributed by atoms with Gasteiger partial charge in [-0.3, -0.25) is 4.90 Å². The van der Waals surface area contributed by atoms with Crippen LogP contribution in [0.3, 0.4) is 0 Å². The van der Waals surface area contributed by atoms with Crippen LogP contribution in [0.25, 0.3) is 11.3 Å². The van der Waals surface area contributed by atoms with E-state index < -0.39 is 5.97 Å². The van der Waals surface area contributed by atoms with Crippen LogP contribution in [0, 0.1) is 0 Å². The lowest BCUT2D eigenvalue weighted by Crippen LogP contribution is -2.18. The van der Waals surface area contributed by atoms with E-state index in [-0.39, 0.29) is 5.76 Å². The van der Waals surface area contributed by atoms with Crippen molar-refractivity contribution < 1.29 is 14.4 Å². The van der Waals surface area contributed by atoms with E-state index in [1.54, 1.807) is 0 Å². The van der Waals surface area contributed by atoms with Crippen LogP contribution in [0.2, 0.25) is 0 Å². The summed E-state index contributed by atoms with van der Waals surface area (Å²) in [6.45, 7) is 3.10. The topological polar surface area (TPSA) is 66.6 Å². The zero-order chi connectivity index (χ0) is 13.9. The Kier molecular flexibility index (Phi) is 3.52. The lowest BCUT2D eigenvalue weighted by molar-refractivity contribution is 0.0652. The Bertz CT molecular complexity index is 615. The van der Waals surface area contributed by atoms with Crippen molar-refractivity contribution in [1.82, 2.24) is 10.1 Å². The maximum Gasteiger partial charge on any atom is 0.374 e. The van der Waals surface area contributed by atoms with Crippen molar-refractivity contribution in [3.8, 4) is 11.3 Å². The highest BCUT2D eigenvalue weighted by molar-refractivity contribution is 5.85. The summed E-state index contributed by atoms with van der Waals surface area (Å²) in [5.74, 6) is -1.23. The second-order valence-electron chi connectivity index (χ2n) is 5.02. The van der Waals surface area contributed by atoms with Gasteiger partial charge in [0.1, 0.15) is 5.69 Å². The van der Waals surface area contributed by atoms with E-state index in [1.807, 2.05) is 18.2 Å². The van der Waals surface area contributed by atoms with Crippen LogP contribution in [0.1, 0.15) is 29.0 Å². The average Bonchev–Trinajstić information content (AvgIpc) is 3.10. The summed E-state index contributed by atoms with van der Waals surface area (Å²) in [7, 11) is 0. The molecule has 3 rings (SSSR count). The van der Waals surface area contributed by atoms with Gasteiger partial charge < -0.3 is 9.63 Å². The van der Waals surface area contributed by atoms with Crippen LogP contribution >= 0.6 is 0 Å². The van der Waals surface area contributed by atoms with Gasteiger partial charge in [-0.05, 0) is 31.5 Å². The smallest absolute Gasteiger partial charge is 0.374 e. The van der Waals surface area contributed by atoms with E-state index >= 15 is 0 Å². The fourth-order valence-corrected chi connectivity index (χ4v) is 2.59.